The molecule has 122 valence electrons. The Labute approximate surface area is 153 Å². The number of para-hydroxylation sites is 1. The maximum atomic E-state index is 12.7. The van der Waals surface area contributed by atoms with Gasteiger partial charge in [0.25, 0.3) is 5.91 Å². The van der Waals surface area contributed by atoms with Gasteiger partial charge in [0, 0.05) is 0 Å². The molecule has 5 nitrogen and oxygen atoms in total. The first kappa shape index (κ1) is 16.9. The number of hydrogen-bond donors (Lipinski definition) is 1. The molecule has 0 radical (unpaired) electrons. The van der Waals surface area contributed by atoms with E-state index in [1.54, 1.807) is 48.5 Å². The maximum Gasteiger partial charge on any atom is 0.337 e. The van der Waals surface area contributed by atoms with Crippen LogP contribution >= 0.6 is 24.0 Å². The minimum atomic E-state index is -1.12. The van der Waals surface area contributed by atoms with Gasteiger partial charge in [-0.1, -0.05) is 48.2 Å². The van der Waals surface area contributed by atoms with Crippen LogP contribution in [0.2, 0.25) is 0 Å². The van der Waals surface area contributed by atoms with Crippen molar-refractivity contribution in [3.63, 3.8) is 0 Å². The smallest absolute Gasteiger partial charge is 0.337 e. The third kappa shape index (κ3) is 3.31. The second kappa shape index (κ2) is 6.89. The third-order valence-electron chi connectivity index (χ3n) is 3.51. The van der Waals surface area contributed by atoms with E-state index in [1.807, 2.05) is 6.07 Å². The highest BCUT2D eigenvalue weighted by atomic mass is 32.2. The third-order valence-corrected chi connectivity index (χ3v) is 4.81. The molecular formula is C18H10N2O3S2. The summed E-state index contributed by atoms with van der Waals surface area (Å²) in [5, 5.41) is 18.1. The Kier molecular flexibility index (Phi) is 4.65. The molecule has 25 heavy (non-hydrogen) atoms. The molecule has 0 unspecified atom stereocenters. The van der Waals surface area contributed by atoms with Crippen LogP contribution in [0.1, 0.15) is 21.5 Å². The monoisotopic (exact) mass is 366 g/mol. The predicted molar refractivity (Wildman–Crippen MR) is 100 cm³/mol. The highest BCUT2D eigenvalue weighted by Gasteiger charge is 2.35. The second-order valence-corrected chi connectivity index (χ2v) is 6.75. The zero-order chi connectivity index (χ0) is 18.0. The number of nitriles is 1. The van der Waals surface area contributed by atoms with Gasteiger partial charge in [-0.25, -0.2) is 4.79 Å². The summed E-state index contributed by atoms with van der Waals surface area (Å²) in [5.41, 5.74) is 1.55. The van der Waals surface area contributed by atoms with Crippen LogP contribution in [0.25, 0.3) is 6.08 Å². The highest BCUT2D eigenvalue weighted by molar-refractivity contribution is 8.27. The first-order chi connectivity index (χ1) is 12.0. The average Bonchev–Trinajstić information content (AvgIpc) is 2.89. The molecule has 1 fully saturated rings. The van der Waals surface area contributed by atoms with Crippen LogP contribution in [-0.2, 0) is 4.79 Å². The van der Waals surface area contributed by atoms with E-state index in [9.17, 15) is 14.7 Å². The molecule has 1 N–H and O–H groups in total. The van der Waals surface area contributed by atoms with Crippen molar-refractivity contribution < 1.29 is 14.7 Å². The van der Waals surface area contributed by atoms with Gasteiger partial charge >= 0.3 is 5.97 Å². The summed E-state index contributed by atoms with van der Waals surface area (Å²) in [7, 11) is 0. The van der Waals surface area contributed by atoms with E-state index in [-0.39, 0.29) is 21.5 Å². The number of rotatable bonds is 3. The molecule has 0 saturated carbocycles. The van der Waals surface area contributed by atoms with E-state index in [0.717, 1.165) is 17.3 Å². The molecule has 1 saturated heterocycles. The number of carbonyl (C=O) groups excluding carboxylic acids is 1. The molecule has 1 amide bonds. The van der Waals surface area contributed by atoms with Crippen LogP contribution in [-0.4, -0.2) is 21.3 Å². The first-order valence-corrected chi connectivity index (χ1v) is 8.34. The van der Waals surface area contributed by atoms with Gasteiger partial charge < -0.3 is 5.11 Å². The lowest BCUT2D eigenvalue weighted by Gasteiger charge is -2.16. The standard InChI is InChI=1S/C18H10N2O3S2/c19-10-12-7-5-11(6-8-12)9-15-16(21)20(18(24)25-15)14-4-2-1-3-13(14)17(22)23/h1-9H,(H,22,23)/b15-9-. The van der Waals surface area contributed by atoms with Crippen molar-refractivity contribution in [1.82, 2.24) is 0 Å². The number of nitrogens with zero attached hydrogens (tertiary/aromatic N) is 2. The van der Waals surface area contributed by atoms with Gasteiger partial charge in [0.15, 0.2) is 4.32 Å². The number of thiocarbonyl (C=S) groups is 1. The van der Waals surface area contributed by atoms with Crippen LogP contribution < -0.4 is 4.90 Å². The zero-order valence-corrected chi connectivity index (χ0v) is 14.3. The topological polar surface area (TPSA) is 81.4 Å². The Morgan fingerprint density at radius 3 is 2.52 bits per heavy atom. The molecule has 3 rings (SSSR count). The van der Waals surface area contributed by atoms with Gasteiger partial charge in [-0.2, -0.15) is 5.26 Å². The first-order valence-electron chi connectivity index (χ1n) is 7.11. The number of amides is 1. The molecule has 1 aliphatic heterocycles. The summed E-state index contributed by atoms with van der Waals surface area (Å²) >= 11 is 6.38. The molecule has 0 aliphatic carbocycles. The summed E-state index contributed by atoms with van der Waals surface area (Å²) in [6.45, 7) is 0. The zero-order valence-electron chi connectivity index (χ0n) is 12.7. The van der Waals surface area contributed by atoms with Crippen LogP contribution in [0.4, 0.5) is 5.69 Å². The fraction of sp³-hybridized carbons (Fsp3) is 0. The van der Waals surface area contributed by atoms with Gasteiger partial charge in [-0.05, 0) is 35.9 Å². The minimum Gasteiger partial charge on any atom is -0.478 e. The lowest BCUT2D eigenvalue weighted by molar-refractivity contribution is -0.113. The molecular weight excluding hydrogens is 356 g/mol. The Morgan fingerprint density at radius 2 is 1.88 bits per heavy atom. The molecule has 1 heterocycles. The Hall–Kier alpha value is -2.95. The van der Waals surface area contributed by atoms with Gasteiger partial charge in [-0.3, -0.25) is 9.69 Å². The number of aromatic carboxylic acids is 1. The molecule has 0 bridgehead atoms. The van der Waals surface area contributed by atoms with Crippen molar-refractivity contribution in [1.29, 1.82) is 5.26 Å². The van der Waals surface area contributed by atoms with Crippen molar-refractivity contribution in [2.24, 2.45) is 0 Å². The fourth-order valence-electron chi connectivity index (χ4n) is 2.33. The van der Waals surface area contributed by atoms with E-state index >= 15 is 0 Å². The van der Waals surface area contributed by atoms with Gasteiger partial charge in [0.05, 0.1) is 27.8 Å². The summed E-state index contributed by atoms with van der Waals surface area (Å²) < 4.78 is 0.276. The van der Waals surface area contributed by atoms with Crippen molar-refractivity contribution >= 4 is 51.9 Å². The van der Waals surface area contributed by atoms with Gasteiger partial charge in [0.1, 0.15) is 0 Å². The summed E-state index contributed by atoms with van der Waals surface area (Å²) in [6, 6.07) is 15.1. The normalized spacial score (nSPS) is 15.5. The van der Waals surface area contributed by atoms with Crippen LogP contribution in [0.3, 0.4) is 0 Å². The van der Waals surface area contributed by atoms with E-state index in [1.165, 1.54) is 11.0 Å². The number of thioether (sulfide) groups is 1. The van der Waals surface area contributed by atoms with Crippen LogP contribution in [0.15, 0.2) is 53.4 Å². The molecule has 7 heteroatoms. The largest absolute Gasteiger partial charge is 0.478 e. The van der Waals surface area contributed by atoms with Gasteiger partial charge in [0.2, 0.25) is 0 Å². The van der Waals surface area contributed by atoms with E-state index < -0.39 is 5.97 Å². The molecule has 0 atom stereocenters. The van der Waals surface area contributed by atoms with Crippen molar-refractivity contribution in [3.8, 4) is 6.07 Å². The number of anilines is 1. The Balaban J connectivity index is 1.97. The molecule has 1 aliphatic rings. The van der Waals surface area contributed by atoms with Gasteiger partial charge in [-0.15, -0.1) is 0 Å². The Morgan fingerprint density at radius 1 is 1.20 bits per heavy atom. The average molecular weight is 366 g/mol. The summed E-state index contributed by atoms with van der Waals surface area (Å²) in [5.74, 6) is -1.49. The minimum absolute atomic E-state index is 0.0124. The van der Waals surface area contributed by atoms with E-state index in [2.05, 4.69) is 0 Å². The predicted octanol–water partition coefficient (Wildman–Crippen LogP) is 3.66. The second-order valence-electron chi connectivity index (χ2n) is 5.07. The Bertz CT molecular complexity index is 959. The summed E-state index contributed by atoms with van der Waals surface area (Å²) in [6.07, 6.45) is 1.67. The molecule has 0 aromatic heterocycles. The number of benzene rings is 2. The number of carbonyl (C=O) groups is 2. The maximum absolute atomic E-state index is 12.7. The summed E-state index contributed by atoms with van der Waals surface area (Å²) in [4.78, 5) is 25.8. The molecule has 2 aromatic carbocycles. The SMILES string of the molecule is N#Cc1ccc(/C=C2\SC(=S)N(c3ccccc3C(=O)O)C2=O)cc1. The number of carboxylic acids is 1. The van der Waals surface area contributed by atoms with Crippen LogP contribution in [0.5, 0.6) is 0 Å². The lowest BCUT2D eigenvalue weighted by atomic mass is 10.1. The molecule has 2 aromatic rings. The highest BCUT2D eigenvalue weighted by Crippen LogP contribution is 2.37. The van der Waals surface area contributed by atoms with E-state index in [0.29, 0.717) is 10.5 Å². The van der Waals surface area contributed by atoms with Crippen LogP contribution in [0, 0.1) is 11.3 Å². The fourth-order valence-corrected chi connectivity index (χ4v) is 3.62. The molecule has 0 spiro atoms. The van der Waals surface area contributed by atoms with E-state index in [4.69, 9.17) is 17.5 Å². The van der Waals surface area contributed by atoms with Crippen molar-refractivity contribution in [2.75, 3.05) is 4.90 Å². The number of carboxylic acid groups (broad SMARTS) is 1. The van der Waals surface area contributed by atoms with Crippen molar-refractivity contribution in [3.05, 3.63) is 70.1 Å². The van der Waals surface area contributed by atoms with Crippen molar-refractivity contribution in [2.45, 2.75) is 0 Å². The lowest BCUT2D eigenvalue weighted by Crippen LogP contribution is -2.29. The number of hydrogen-bond acceptors (Lipinski definition) is 5. The quantitative estimate of drug-likeness (QED) is 0.659.